The first-order valence-electron chi connectivity index (χ1n) is 7.24. The van der Waals surface area contributed by atoms with Crippen LogP contribution >= 0.6 is 35.7 Å². The van der Waals surface area contributed by atoms with Crippen molar-refractivity contribution in [1.29, 1.82) is 0 Å². The van der Waals surface area contributed by atoms with Gasteiger partial charge in [-0.15, -0.1) is 24.0 Å². The second-order valence-corrected chi connectivity index (χ2v) is 5.85. The molecule has 0 saturated heterocycles. The number of rotatable bonds is 7. The predicted octanol–water partition coefficient (Wildman–Crippen LogP) is 3.38. The van der Waals surface area contributed by atoms with Crippen LogP contribution in [0.1, 0.15) is 23.6 Å². The first-order chi connectivity index (χ1) is 9.67. The lowest BCUT2D eigenvalue weighted by atomic mass is 10.0. The molecule has 0 atom stereocenters. The summed E-state index contributed by atoms with van der Waals surface area (Å²) in [5.74, 6) is 1.99. The summed E-state index contributed by atoms with van der Waals surface area (Å²) in [5, 5.41) is 6.68. The highest BCUT2D eigenvalue weighted by Gasteiger charge is 2.00. The molecule has 0 amide bonds. The third kappa shape index (κ3) is 8.56. The Kier molecular flexibility index (Phi) is 11.9. The number of aryl methyl sites for hydroxylation is 2. The number of guanidine groups is 1. The van der Waals surface area contributed by atoms with Crippen molar-refractivity contribution in [2.45, 2.75) is 27.2 Å². The zero-order valence-corrected chi connectivity index (χ0v) is 16.7. The van der Waals surface area contributed by atoms with Crippen LogP contribution in [-0.2, 0) is 6.42 Å². The fraction of sp³-hybridized carbons (Fsp3) is 0.562. The lowest BCUT2D eigenvalue weighted by Gasteiger charge is -2.12. The molecule has 0 radical (unpaired) electrons. The summed E-state index contributed by atoms with van der Waals surface area (Å²) >= 11 is 1.82. The first-order valence-corrected chi connectivity index (χ1v) is 8.64. The minimum atomic E-state index is 0. The van der Waals surface area contributed by atoms with E-state index < -0.39 is 0 Å². The summed E-state index contributed by atoms with van der Waals surface area (Å²) in [6.45, 7) is 9.08. The molecule has 5 heteroatoms. The standard InChI is InChI=1S/C16H27N3S.HI/c1-5-17-16(19-10-11-20-4)18-9-8-15-7-6-13(2)12-14(15)3;/h6-7,12H,5,8-11H2,1-4H3,(H2,17,18,19);1H. The Morgan fingerprint density at radius 1 is 1.24 bits per heavy atom. The lowest BCUT2D eigenvalue weighted by molar-refractivity contribution is 0.801. The van der Waals surface area contributed by atoms with Crippen molar-refractivity contribution < 1.29 is 0 Å². The highest BCUT2D eigenvalue weighted by molar-refractivity contribution is 14.0. The molecule has 0 aliphatic carbocycles. The maximum absolute atomic E-state index is 4.54. The summed E-state index contributed by atoms with van der Waals surface area (Å²) in [7, 11) is 0. The Labute approximate surface area is 150 Å². The highest BCUT2D eigenvalue weighted by atomic mass is 127. The van der Waals surface area contributed by atoms with E-state index in [1.165, 1.54) is 16.7 Å². The molecular weight excluding hydrogens is 393 g/mol. The highest BCUT2D eigenvalue weighted by Crippen LogP contribution is 2.10. The summed E-state index contributed by atoms with van der Waals surface area (Å²) in [6, 6.07) is 6.65. The molecule has 1 rings (SSSR count). The number of hydrogen-bond donors (Lipinski definition) is 2. The van der Waals surface area contributed by atoms with E-state index in [4.69, 9.17) is 0 Å². The van der Waals surface area contributed by atoms with Crippen molar-refractivity contribution in [1.82, 2.24) is 10.6 Å². The van der Waals surface area contributed by atoms with Crippen LogP contribution in [0, 0.1) is 13.8 Å². The van der Waals surface area contributed by atoms with Gasteiger partial charge in [-0.3, -0.25) is 4.99 Å². The van der Waals surface area contributed by atoms with Gasteiger partial charge < -0.3 is 10.6 Å². The van der Waals surface area contributed by atoms with Gasteiger partial charge in [-0.2, -0.15) is 11.8 Å². The summed E-state index contributed by atoms with van der Waals surface area (Å²) in [5.41, 5.74) is 4.10. The van der Waals surface area contributed by atoms with E-state index in [9.17, 15) is 0 Å². The second kappa shape index (κ2) is 12.1. The van der Waals surface area contributed by atoms with E-state index in [-0.39, 0.29) is 24.0 Å². The normalized spacial score (nSPS) is 11.0. The van der Waals surface area contributed by atoms with Crippen LogP contribution < -0.4 is 10.6 Å². The summed E-state index contributed by atoms with van der Waals surface area (Å²) in [4.78, 5) is 4.54. The number of benzene rings is 1. The number of hydrogen-bond acceptors (Lipinski definition) is 2. The molecule has 21 heavy (non-hydrogen) atoms. The van der Waals surface area contributed by atoms with Gasteiger partial charge in [-0.25, -0.2) is 0 Å². The monoisotopic (exact) mass is 421 g/mol. The fourth-order valence-corrected chi connectivity index (χ4v) is 2.31. The molecule has 0 bridgehead atoms. The first kappa shape index (κ1) is 20.6. The molecular formula is C16H28IN3S. The number of nitrogens with zero attached hydrogens (tertiary/aromatic N) is 1. The number of thioether (sulfide) groups is 1. The van der Waals surface area contributed by atoms with E-state index in [0.29, 0.717) is 0 Å². The SMILES string of the molecule is CCNC(=NCCSC)NCCc1ccc(C)cc1C.I. The van der Waals surface area contributed by atoms with Gasteiger partial charge >= 0.3 is 0 Å². The molecule has 0 fully saturated rings. The zero-order chi connectivity index (χ0) is 14.8. The van der Waals surface area contributed by atoms with E-state index in [0.717, 1.165) is 37.8 Å². The lowest BCUT2D eigenvalue weighted by Crippen LogP contribution is -2.38. The molecule has 3 nitrogen and oxygen atoms in total. The molecule has 0 aliphatic heterocycles. The average Bonchev–Trinajstić information content (AvgIpc) is 2.41. The summed E-state index contributed by atoms with van der Waals surface area (Å²) < 4.78 is 0. The van der Waals surface area contributed by atoms with Gasteiger partial charge in [0.15, 0.2) is 5.96 Å². The molecule has 0 saturated carbocycles. The van der Waals surface area contributed by atoms with Crippen LogP contribution in [0.4, 0.5) is 0 Å². The van der Waals surface area contributed by atoms with Crippen LogP contribution in [0.3, 0.4) is 0 Å². The smallest absolute Gasteiger partial charge is 0.191 e. The average molecular weight is 421 g/mol. The third-order valence-electron chi connectivity index (χ3n) is 3.09. The van der Waals surface area contributed by atoms with Crippen molar-refractivity contribution in [3.05, 3.63) is 34.9 Å². The van der Waals surface area contributed by atoms with Gasteiger partial charge in [-0.05, 0) is 44.6 Å². The number of aliphatic imine (C=N–C) groups is 1. The van der Waals surface area contributed by atoms with Crippen molar-refractivity contribution in [3.8, 4) is 0 Å². The quantitative estimate of drug-likeness (QED) is 0.307. The van der Waals surface area contributed by atoms with Gasteiger partial charge in [0, 0.05) is 18.8 Å². The third-order valence-corrected chi connectivity index (χ3v) is 3.69. The van der Waals surface area contributed by atoms with Crippen molar-refractivity contribution >= 4 is 41.7 Å². The maximum atomic E-state index is 4.54. The molecule has 2 N–H and O–H groups in total. The second-order valence-electron chi connectivity index (χ2n) is 4.86. The van der Waals surface area contributed by atoms with Gasteiger partial charge in [0.1, 0.15) is 0 Å². The topological polar surface area (TPSA) is 36.4 Å². The number of nitrogens with one attached hydrogen (secondary N) is 2. The largest absolute Gasteiger partial charge is 0.357 e. The van der Waals surface area contributed by atoms with Crippen molar-refractivity contribution in [2.75, 3.05) is 31.6 Å². The molecule has 0 unspecified atom stereocenters. The molecule has 0 aromatic heterocycles. The van der Waals surface area contributed by atoms with E-state index in [1.807, 2.05) is 11.8 Å². The molecule has 1 aromatic rings. The Balaban J connectivity index is 0.00000400. The minimum Gasteiger partial charge on any atom is -0.357 e. The van der Waals surface area contributed by atoms with Crippen molar-refractivity contribution in [3.63, 3.8) is 0 Å². The number of halogens is 1. The maximum Gasteiger partial charge on any atom is 0.191 e. The fourth-order valence-electron chi connectivity index (χ4n) is 2.03. The molecule has 0 aliphatic rings. The van der Waals surface area contributed by atoms with Crippen LogP contribution in [0.25, 0.3) is 0 Å². The van der Waals surface area contributed by atoms with Gasteiger partial charge in [-0.1, -0.05) is 23.8 Å². The van der Waals surface area contributed by atoms with Crippen LogP contribution in [0.5, 0.6) is 0 Å². The summed E-state index contributed by atoms with van der Waals surface area (Å²) in [6.07, 6.45) is 3.13. The van der Waals surface area contributed by atoms with E-state index >= 15 is 0 Å². The van der Waals surface area contributed by atoms with Gasteiger partial charge in [0.25, 0.3) is 0 Å². The molecule has 1 aromatic carbocycles. The van der Waals surface area contributed by atoms with Crippen LogP contribution in [0.2, 0.25) is 0 Å². The van der Waals surface area contributed by atoms with E-state index in [1.54, 1.807) is 0 Å². The molecule has 0 spiro atoms. The van der Waals surface area contributed by atoms with Crippen LogP contribution in [0.15, 0.2) is 23.2 Å². The van der Waals surface area contributed by atoms with Gasteiger partial charge in [0.2, 0.25) is 0 Å². The Bertz CT molecular complexity index is 436. The Hall–Kier alpha value is -0.430. The Morgan fingerprint density at radius 3 is 2.62 bits per heavy atom. The predicted molar refractivity (Wildman–Crippen MR) is 107 cm³/mol. The Morgan fingerprint density at radius 2 is 2.00 bits per heavy atom. The van der Waals surface area contributed by atoms with Crippen LogP contribution in [-0.4, -0.2) is 37.6 Å². The molecule has 0 heterocycles. The molecule has 120 valence electrons. The van der Waals surface area contributed by atoms with Gasteiger partial charge in [0.05, 0.1) is 6.54 Å². The minimum absolute atomic E-state index is 0. The zero-order valence-electron chi connectivity index (χ0n) is 13.5. The van der Waals surface area contributed by atoms with Crippen molar-refractivity contribution in [2.24, 2.45) is 4.99 Å². The van der Waals surface area contributed by atoms with E-state index in [2.05, 4.69) is 60.9 Å².